The number of nitrogens with zero attached hydrogens (tertiary/aromatic N) is 3. The van der Waals surface area contributed by atoms with Crippen molar-refractivity contribution < 1.29 is 0 Å². The second-order valence-corrected chi connectivity index (χ2v) is 8.26. The lowest BCUT2D eigenvalue weighted by atomic mass is 10.2. The molecule has 1 unspecified atom stereocenters. The SMILES string of the molecule is CCNC(=NCC(c1cccs1)N1CCCC1)NCCN(CC)C1CC1.I. The van der Waals surface area contributed by atoms with Crippen molar-refractivity contribution in [2.45, 2.75) is 51.6 Å². The molecule has 1 aromatic rings. The maximum atomic E-state index is 4.94. The molecular weight excluding hydrogens is 469 g/mol. The highest BCUT2D eigenvalue weighted by atomic mass is 127. The van der Waals surface area contributed by atoms with Crippen LogP contribution in [0.15, 0.2) is 22.5 Å². The van der Waals surface area contributed by atoms with Crippen LogP contribution < -0.4 is 10.6 Å². The highest BCUT2D eigenvalue weighted by Gasteiger charge is 2.27. The van der Waals surface area contributed by atoms with E-state index in [0.29, 0.717) is 6.04 Å². The predicted octanol–water partition coefficient (Wildman–Crippen LogP) is 3.54. The summed E-state index contributed by atoms with van der Waals surface area (Å²) in [6.45, 7) is 11.8. The minimum absolute atomic E-state index is 0. The third-order valence-electron chi connectivity index (χ3n) is 5.38. The first kappa shape index (κ1) is 22.9. The maximum Gasteiger partial charge on any atom is 0.191 e. The molecule has 27 heavy (non-hydrogen) atoms. The topological polar surface area (TPSA) is 42.9 Å². The van der Waals surface area contributed by atoms with Crippen molar-refractivity contribution >= 4 is 41.3 Å². The number of likely N-dealkylation sites (N-methyl/N-ethyl adjacent to an activating group) is 1. The zero-order valence-corrected chi connectivity index (χ0v) is 20.0. The van der Waals surface area contributed by atoms with Gasteiger partial charge in [0.2, 0.25) is 0 Å². The van der Waals surface area contributed by atoms with Crippen molar-refractivity contribution in [2.24, 2.45) is 4.99 Å². The molecule has 1 saturated carbocycles. The van der Waals surface area contributed by atoms with Crippen LogP contribution in [0.4, 0.5) is 0 Å². The average Bonchev–Trinajstić information content (AvgIpc) is 3.12. The molecule has 0 bridgehead atoms. The summed E-state index contributed by atoms with van der Waals surface area (Å²) in [6, 6.07) is 5.68. The molecule has 1 saturated heterocycles. The van der Waals surface area contributed by atoms with E-state index >= 15 is 0 Å². The maximum absolute atomic E-state index is 4.94. The summed E-state index contributed by atoms with van der Waals surface area (Å²) in [4.78, 5) is 11.6. The van der Waals surface area contributed by atoms with Crippen molar-refractivity contribution in [3.63, 3.8) is 0 Å². The molecule has 2 N–H and O–H groups in total. The van der Waals surface area contributed by atoms with Gasteiger partial charge in [0.15, 0.2) is 5.96 Å². The summed E-state index contributed by atoms with van der Waals surface area (Å²) in [5.74, 6) is 0.958. The minimum Gasteiger partial charge on any atom is -0.357 e. The summed E-state index contributed by atoms with van der Waals surface area (Å²) < 4.78 is 0. The van der Waals surface area contributed by atoms with E-state index < -0.39 is 0 Å². The average molecular weight is 506 g/mol. The highest BCUT2D eigenvalue weighted by molar-refractivity contribution is 14.0. The number of hydrogen-bond acceptors (Lipinski definition) is 4. The third kappa shape index (κ3) is 7.18. The smallest absolute Gasteiger partial charge is 0.191 e. The van der Waals surface area contributed by atoms with E-state index in [4.69, 9.17) is 4.99 Å². The molecule has 0 aromatic carbocycles. The van der Waals surface area contributed by atoms with Crippen molar-refractivity contribution in [3.8, 4) is 0 Å². The van der Waals surface area contributed by atoms with Crippen molar-refractivity contribution in [1.29, 1.82) is 0 Å². The Morgan fingerprint density at radius 2 is 2.07 bits per heavy atom. The van der Waals surface area contributed by atoms with Gasteiger partial charge >= 0.3 is 0 Å². The Balaban J connectivity index is 0.00000261. The largest absolute Gasteiger partial charge is 0.357 e. The van der Waals surface area contributed by atoms with Crippen LogP contribution in [0.25, 0.3) is 0 Å². The lowest BCUT2D eigenvalue weighted by Crippen LogP contribution is -2.42. The molecule has 2 aliphatic rings. The monoisotopic (exact) mass is 505 g/mol. The van der Waals surface area contributed by atoms with E-state index in [0.717, 1.165) is 44.7 Å². The number of nitrogens with one attached hydrogen (secondary N) is 2. The van der Waals surface area contributed by atoms with Crippen LogP contribution in [-0.2, 0) is 0 Å². The highest BCUT2D eigenvalue weighted by Crippen LogP contribution is 2.28. The lowest BCUT2D eigenvalue weighted by molar-refractivity contribution is 0.255. The van der Waals surface area contributed by atoms with E-state index in [1.54, 1.807) is 0 Å². The van der Waals surface area contributed by atoms with Crippen LogP contribution in [0.5, 0.6) is 0 Å². The molecule has 7 heteroatoms. The fraction of sp³-hybridized carbons (Fsp3) is 0.750. The fourth-order valence-electron chi connectivity index (χ4n) is 3.80. The first-order chi connectivity index (χ1) is 12.8. The van der Waals surface area contributed by atoms with Gasteiger partial charge < -0.3 is 10.6 Å². The molecule has 2 fully saturated rings. The van der Waals surface area contributed by atoms with Crippen LogP contribution in [0.3, 0.4) is 0 Å². The molecule has 1 aliphatic carbocycles. The number of hydrogen-bond donors (Lipinski definition) is 2. The van der Waals surface area contributed by atoms with Crippen molar-refractivity contribution in [2.75, 3.05) is 45.8 Å². The van der Waals surface area contributed by atoms with Gasteiger partial charge in [-0.15, -0.1) is 35.3 Å². The van der Waals surface area contributed by atoms with E-state index in [2.05, 4.69) is 51.8 Å². The Labute approximate surface area is 186 Å². The van der Waals surface area contributed by atoms with Gasteiger partial charge in [-0.1, -0.05) is 13.0 Å². The lowest BCUT2D eigenvalue weighted by Gasteiger charge is -2.26. The van der Waals surface area contributed by atoms with Crippen LogP contribution in [0.2, 0.25) is 0 Å². The zero-order valence-electron chi connectivity index (χ0n) is 16.8. The van der Waals surface area contributed by atoms with Crippen LogP contribution in [-0.4, -0.2) is 67.6 Å². The number of halogens is 1. The summed E-state index contributed by atoms with van der Waals surface area (Å²) in [6.07, 6.45) is 5.39. The molecule has 1 aromatic heterocycles. The fourth-order valence-corrected chi connectivity index (χ4v) is 4.65. The molecule has 154 valence electrons. The molecule has 1 atom stereocenters. The normalized spacial score (nSPS) is 19.1. The molecule has 0 radical (unpaired) electrons. The standard InChI is InChI=1S/C20H35N5S.HI/c1-3-21-20(22-11-14-24(4-2)17-9-10-17)23-16-18(19-8-7-15-26-19)25-12-5-6-13-25;/h7-8,15,17-18H,3-6,9-14,16H2,1-2H3,(H2,21,22,23);1H. The quantitative estimate of drug-likeness (QED) is 0.290. The van der Waals surface area contributed by atoms with Crippen molar-refractivity contribution in [3.05, 3.63) is 22.4 Å². The van der Waals surface area contributed by atoms with Crippen LogP contribution in [0.1, 0.15) is 50.4 Å². The van der Waals surface area contributed by atoms with Gasteiger partial charge in [-0.25, -0.2) is 0 Å². The molecule has 0 spiro atoms. The van der Waals surface area contributed by atoms with Gasteiger partial charge in [0.25, 0.3) is 0 Å². The van der Waals surface area contributed by atoms with Gasteiger partial charge in [-0.3, -0.25) is 14.8 Å². The Bertz CT molecular complexity index is 541. The van der Waals surface area contributed by atoms with Gasteiger partial charge in [-0.2, -0.15) is 0 Å². The molecule has 3 rings (SSSR count). The van der Waals surface area contributed by atoms with Crippen LogP contribution >= 0.6 is 35.3 Å². The first-order valence-electron chi connectivity index (χ1n) is 10.4. The Morgan fingerprint density at radius 1 is 1.30 bits per heavy atom. The van der Waals surface area contributed by atoms with Gasteiger partial charge in [-0.05, 0) is 63.7 Å². The number of thiophene rings is 1. The Kier molecular flexibility index (Phi) is 10.4. The molecule has 0 amide bonds. The van der Waals surface area contributed by atoms with Crippen molar-refractivity contribution in [1.82, 2.24) is 20.4 Å². The Morgan fingerprint density at radius 3 is 2.67 bits per heavy atom. The second kappa shape index (κ2) is 12.2. The Hall–Kier alpha value is -0.380. The van der Waals surface area contributed by atoms with Gasteiger partial charge in [0, 0.05) is 30.6 Å². The van der Waals surface area contributed by atoms with Crippen LogP contribution in [0, 0.1) is 0 Å². The summed E-state index contributed by atoms with van der Waals surface area (Å²) in [5.41, 5.74) is 0. The summed E-state index contributed by atoms with van der Waals surface area (Å²) in [5, 5.41) is 9.14. The number of aliphatic imine (C=N–C) groups is 1. The zero-order chi connectivity index (χ0) is 18.2. The van der Waals surface area contributed by atoms with Gasteiger partial charge in [0.1, 0.15) is 0 Å². The number of guanidine groups is 1. The number of likely N-dealkylation sites (tertiary alicyclic amines) is 1. The van der Waals surface area contributed by atoms with E-state index in [-0.39, 0.29) is 24.0 Å². The second-order valence-electron chi connectivity index (χ2n) is 7.28. The van der Waals surface area contributed by atoms with Gasteiger partial charge in [0.05, 0.1) is 12.6 Å². The minimum atomic E-state index is 0. The molecule has 2 heterocycles. The predicted molar refractivity (Wildman–Crippen MR) is 128 cm³/mol. The summed E-state index contributed by atoms with van der Waals surface area (Å²) in [7, 11) is 0. The van der Waals surface area contributed by atoms with E-state index in [1.807, 2.05) is 11.3 Å². The molecular formula is C20H36IN5S. The third-order valence-corrected chi connectivity index (χ3v) is 6.35. The first-order valence-corrected chi connectivity index (χ1v) is 11.2. The summed E-state index contributed by atoms with van der Waals surface area (Å²) >= 11 is 1.86. The van der Waals surface area contributed by atoms with E-state index in [1.165, 1.54) is 43.6 Å². The number of rotatable bonds is 10. The molecule has 5 nitrogen and oxygen atoms in total. The molecule has 1 aliphatic heterocycles. The van der Waals surface area contributed by atoms with E-state index in [9.17, 15) is 0 Å².